The van der Waals surface area contributed by atoms with E-state index >= 15 is 0 Å². The van der Waals surface area contributed by atoms with Gasteiger partial charge in [-0.3, -0.25) is 25.0 Å². The molecule has 0 aliphatic carbocycles. The molecule has 16 nitrogen and oxygen atoms in total. The SMILES string of the molecule is CCOC(=O)C1=C(C)NC(=S)N[C@@H]1c1ccccc1OCC(=O)NN=Cc1ccc(Oc2ccc([N+](=O)[O-])cc2[N+](=O)[O-])c(OCC)c1. The third-order valence-corrected chi connectivity index (χ3v) is 6.81. The number of benzene rings is 3. The molecule has 1 amide bonds. The summed E-state index contributed by atoms with van der Waals surface area (Å²) in [6.07, 6.45) is 1.34. The zero-order chi connectivity index (χ0) is 34.8. The maximum Gasteiger partial charge on any atom is 0.338 e. The highest BCUT2D eigenvalue weighted by molar-refractivity contribution is 7.80. The number of hydrazone groups is 1. The van der Waals surface area contributed by atoms with Crippen molar-refractivity contribution in [3.63, 3.8) is 0 Å². The van der Waals surface area contributed by atoms with E-state index in [4.69, 9.17) is 31.2 Å². The predicted molar refractivity (Wildman–Crippen MR) is 176 cm³/mol. The van der Waals surface area contributed by atoms with Gasteiger partial charge in [-0.05, 0) is 68.9 Å². The number of esters is 1. The Morgan fingerprint density at radius 1 is 0.958 bits per heavy atom. The van der Waals surface area contributed by atoms with Gasteiger partial charge in [0.2, 0.25) is 5.75 Å². The summed E-state index contributed by atoms with van der Waals surface area (Å²) in [5, 5.41) is 32.8. The van der Waals surface area contributed by atoms with Crippen molar-refractivity contribution >= 4 is 46.8 Å². The fraction of sp³-hybridized carbons (Fsp3) is 0.226. The smallest absolute Gasteiger partial charge is 0.338 e. The lowest BCUT2D eigenvalue weighted by Crippen LogP contribution is -2.45. The first kappa shape index (κ1) is 34.8. The van der Waals surface area contributed by atoms with Crippen molar-refractivity contribution in [2.75, 3.05) is 19.8 Å². The van der Waals surface area contributed by atoms with Crippen LogP contribution in [0.15, 0.2) is 77.0 Å². The molecule has 3 aromatic rings. The highest BCUT2D eigenvalue weighted by atomic mass is 32.1. The van der Waals surface area contributed by atoms with Gasteiger partial charge in [0, 0.05) is 17.3 Å². The number of hydrogen-bond acceptors (Lipinski definition) is 12. The molecular weight excluding hydrogens is 648 g/mol. The molecule has 1 heterocycles. The average molecular weight is 679 g/mol. The van der Waals surface area contributed by atoms with Gasteiger partial charge in [-0.25, -0.2) is 10.2 Å². The number of carbonyl (C=O) groups excluding carboxylic acids is 2. The summed E-state index contributed by atoms with van der Waals surface area (Å²) in [6, 6.07) is 13.8. The van der Waals surface area contributed by atoms with Gasteiger partial charge in [-0.2, -0.15) is 5.10 Å². The molecular formula is C31H30N6O10S. The zero-order valence-corrected chi connectivity index (χ0v) is 26.7. The number of non-ortho nitro benzene ring substituents is 1. The summed E-state index contributed by atoms with van der Waals surface area (Å²) in [5.74, 6) is -0.672. The quantitative estimate of drug-likeness (QED) is 0.0703. The molecule has 0 aromatic heterocycles. The summed E-state index contributed by atoms with van der Waals surface area (Å²) < 4.78 is 22.3. The van der Waals surface area contributed by atoms with Gasteiger partial charge in [-0.15, -0.1) is 0 Å². The number of hydrogen-bond donors (Lipinski definition) is 3. The number of nitrogens with one attached hydrogen (secondary N) is 3. The molecule has 0 bridgehead atoms. The van der Waals surface area contributed by atoms with Crippen LogP contribution in [-0.2, 0) is 14.3 Å². The molecule has 4 rings (SSSR count). The normalized spacial score (nSPS) is 14.1. The molecule has 1 aliphatic heterocycles. The first-order valence-electron chi connectivity index (χ1n) is 14.4. The molecule has 3 aromatic carbocycles. The van der Waals surface area contributed by atoms with Crippen molar-refractivity contribution < 1.29 is 38.4 Å². The van der Waals surface area contributed by atoms with E-state index in [1.54, 1.807) is 51.1 Å². The summed E-state index contributed by atoms with van der Waals surface area (Å²) in [4.78, 5) is 46.4. The van der Waals surface area contributed by atoms with Crippen LogP contribution in [-0.4, -0.2) is 52.9 Å². The number of nitro groups is 2. The van der Waals surface area contributed by atoms with Crippen LogP contribution < -0.4 is 30.3 Å². The van der Waals surface area contributed by atoms with E-state index in [-0.39, 0.29) is 30.5 Å². The van der Waals surface area contributed by atoms with Gasteiger partial charge in [-0.1, -0.05) is 18.2 Å². The number of thiocarbonyl (C=S) groups is 1. The standard InChI is InChI=1S/C31H30N6O10S/c1-4-44-26-14-19(10-12-25(26)47-24-13-11-20(36(40)41)15-22(24)37(42)43)16-32-35-27(38)17-46-23-9-7-6-8-21(23)29-28(30(39)45-5-2)18(3)33-31(48)34-29/h6-16,29H,4-5,17H2,1-3H3,(H,35,38)(H2,33,34,48)/t29-/m1/s1. The Hall–Kier alpha value is -6.10. The molecule has 1 atom stereocenters. The minimum absolute atomic E-state index is 0.113. The molecule has 0 saturated carbocycles. The van der Waals surface area contributed by atoms with E-state index in [1.807, 2.05) is 0 Å². The second-order valence-corrected chi connectivity index (χ2v) is 10.2. The van der Waals surface area contributed by atoms with Crippen molar-refractivity contribution in [2.45, 2.75) is 26.8 Å². The van der Waals surface area contributed by atoms with Crippen LogP contribution in [0.2, 0.25) is 0 Å². The van der Waals surface area contributed by atoms with E-state index < -0.39 is 45.7 Å². The number of ether oxygens (including phenoxy) is 4. The second-order valence-electron chi connectivity index (χ2n) is 9.82. The molecule has 250 valence electrons. The molecule has 0 fully saturated rings. The molecule has 48 heavy (non-hydrogen) atoms. The zero-order valence-electron chi connectivity index (χ0n) is 25.9. The van der Waals surface area contributed by atoms with E-state index in [0.717, 1.165) is 18.2 Å². The molecule has 1 aliphatic rings. The fourth-order valence-electron chi connectivity index (χ4n) is 4.54. The third kappa shape index (κ3) is 8.58. The Balaban J connectivity index is 1.44. The van der Waals surface area contributed by atoms with Crippen LogP contribution >= 0.6 is 12.2 Å². The van der Waals surface area contributed by atoms with E-state index in [1.165, 1.54) is 18.3 Å². The fourth-order valence-corrected chi connectivity index (χ4v) is 4.81. The number of para-hydroxylation sites is 1. The van der Waals surface area contributed by atoms with E-state index in [9.17, 15) is 29.8 Å². The molecule has 0 saturated heterocycles. The number of allylic oxidation sites excluding steroid dienone is 1. The third-order valence-electron chi connectivity index (χ3n) is 6.59. The van der Waals surface area contributed by atoms with Crippen molar-refractivity contribution in [3.8, 4) is 23.0 Å². The van der Waals surface area contributed by atoms with Gasteiger partial charge < -0.3 is 29.6 Å². The predicted octanol–water partition coefficient (Wildman–Crippen LogP) is 4.58. The number of rotatable bonds is 14. The Morgan fingerprint density at radius 2 is 1.71 bits per heavy atom. The number of carbonyl (C=O) groups is 2. The average Bonchev–Trinajstić information content (AvgIpc) is 3.04. The van der Waals surface area contributed by atoms with E-state index in [0.29, 0.717) is 33.3 Å². The molecule has 3 N–H and O–H groups in total. The Labute approximate surface area is 279 Å². The van der Waals surface area contributed by atoms with Crippen LogP contribution in [0, 0.1) is 20.2 Å². The first-order valence-corrected chi connectivity index (χ1v) is 14.8. The second kappa shape index (κ2) is 15.9. The van der Waals surface area contributed by atoms with Crippen LogP contribution in [0.5, 0.6) is 23.0 Å². The van der Waals surface area contributed by atoms with Crippen LogP contribution in [0.25, 0.3) is 0 Å². The van der Waals surface area contributed by atoms with Gasteiger partial charge in [0.25, 0.3) is 11.6 Å². The topological polar surface area (TPSA) is 206 Å². The highest BCUT2D eigenvalue weighted by Crippen LogP contribution is 2.38. The number of nitrogens with zero attached hydrogens (tertiary/aromatic N) is 3. The van der Waals surface area contributed by atoms with Crippen molar-refractivity contribution in [1.82, 2.24) is 16.1 Å². The maximum atomic E-state index is 12.8. The number of nitro benzene ring substituents is 2. The summed E-state index contributed by atoms with van der Waals surface area (Å²) >= 11 is 5.30. The molecule has 0 unspecified atom stereocenters. The van der Waals surface area contributed by atoms with Crippen LogP contribution in [0.4, 0.5) is 11.4 Å². The van der Waals surface area contributed by atoms with Gasteiger partial charge in [0.15, 0.2) is 23.2 Å². The summed E-state index contributed by atoms with van der Waals surface area (Å²) in [5.41, 5.74) is 3.22. The molecule has 0 spiro atoms. The van der Waals surface area contributed by atoms with Crippen molar-refractivity contribution in [1.29, 1.82) is 0 Å². The number of amides is 1. The van der Waals surface area contributed by atoms with Gasteiger partial charge in [0.05, 0.1) is 47.0 Å². The highest BCUT2D eigenvalue weighted by Gasteiger charge is 2.32. The summed E-state index contributed by atoms with van der Waals surface area (Å²) in [7, 11) is 0. The Bertz CT molecular complexity index is 1810. The minimum Gasteiger partial charge on any atom is -0.490 e. The Morgan fingerprint density at radius 3 is 2.42 bits per heavy atom. The lowest BCUT2D eigenvalue weighted by Gasteiger charge is -2.30. The summed E-state index contributed by atoms with van der Waals surface area (Å²) in [6.45, 7) is 5.14. The first-order chi connectivity index (χ1) is 23.0. The van der Waals surface area contributed by atoms with Crippen molar-refractivity contribution in [3.05, 3.63) is 103 Å². The van der Waals surface area contributed by atoms with Crippen molar-refractivity contribution in [2.24, 2.45) is 5.10 Å². The molecule has 17 heteroatoms. The van der Waals surface area contributed by atoms with Crippen LogP contribution in [0.3, 0.4) is 0 Å². The minimum atomic E-state index is -0.785. The largest absolute Gasteiger partial charge is 0.490 e. The Kier molecular flexibility index (Phi) is 11.6. The maximum absolute atomic E-state index is 12.8. The van der Waals surface area contributed by atoms with Gasteiger partial charge >= 0.3 is 11.7 Å². The lowest BCUT2D eigenvalue weighted by molar-refractivity contribution is -0.394. The monoisotopic (exact) mass is 678 g/mol. The van der Waals surface area contributed by atoms with Crippen LogP contribution in [0.1, 0.15) is 37.9 Å². The molecule has 0 radical (unpaired) electrons. The lowest BCUT2D eigenvalue weighted by atomic mass is 9.95. The van der Waals surface area contributed by atoms with Gasteiger partial charge in [0.1, 0.15) is 5.75 Å². The van der Waals surface area contributed by atoms with E-state index in [2.05, 4.69) is 21.2 Å².